The van der Waals surface area contributed by atoms with Crippen molar-refractivity contribution in [2.24, 2.45) is 0 Å². The van der Waals surface area contributed by atoms with Crippen molar-refractivity contribution in [1.82, 2.24) is 0 Å². The molecule has 0 bridgehead atoms. The van der Waals surface area contributed by atoms with Crippen molar-refractivity contribution < 1.29 is 18.0 Å². The van der Waals surface area contributed by atoms with E-state index < -0.39 is 29.0 Å². The van der Waals surface area contributed by atoms with Crippen LogP contribution in [0.5, 0.6) is 0 Å². The highest BCUT2D eigenvalue weighted by molar-refractivity contribution is 9.10. The minimum absolute atomic E-state index is 0.0569. The first kappa shape index (κ1) is 15.1. The van der Waals surface area contributed by atoms with E-state index in [9.17, 15) is 18.0 Å². The lowest BCUT2D eigenvalue weighted by molar-refractivity contribution is 0.102. The van der Waals surface area contributed by atoms with Crippen LogP contribution in [0.1, 0.15) is 10.4 Å². The summed E-state index contributed by atoms with van der Waals surface area (Å²) in [6, 6.07) is 5.50. The summed E-state index contributed by atoms with van der Waals surface area (Å²) in [5, 5.41) is 2.08. The van der Waals surface area contributed by atoms with E-state index in [0.29, 0.717) is 4.47 Å². The van der Waals surface area contributed by atoms with E-state index in [4.69, 9.17) is 0 Å². The van der Waals surface area contributed by atoms with Gasteiger partial charge in [0.15, 0.2) is 11.6 Å². The maximum Gasteiger partial charge on any atom is 0.255 e. The molecule has 0 radical (unpaired) electrons. The molecule has 104 valence electrons. The molecule has 0 fully saturated rings. The average Bonchev–Trinajstić information content (AvgIpc) is 2.32. The molecule has 2 aromatic carbocycles. The molecular formula is C13H6Br2F3NO. The van der Waals surface area contributed by atoms with E-state index in [-0.39, 0.29) is 10.0 Å². The largest absolute Gasteiger partial charge is 0.317 e. The zero-order chi connectivity index (χ0) is 14.9. The van der Waals surface area contributed by atoms with Crippen LogP contribution in [0, 0.1) is 17.5 Å². The molecule has 2 aromatic rings. The molecule has 0 saturated heterocycles. The summed E-state index contributed by atoms with van der Waals surface area (Å²) in [4.78, 5) is 11.9. The number of amides is 1. The third kappa shape index (κ3) is 3.40. The molecule has 0 saturated carbocycles. The van der Waals surface area contributed by atoms with Crippen molar-refractivity contribution in [2.45, 2.75) is 0 Å². The van der Waals surface area contributed by atoms with Crippen LogP contribution in [0.15, 0.2) is 39.3 Å². The van der Waals surface area contributed by atoms with Crippen molar-refractivity contribution in [3.63, 3.8) is 0 Å². The highest BCUT2D eigenvalue weighted by Gasteiger charge is 2.15. The van der Waals surface area contributed by atoms with Crippen molar-refractivity contribution in [2.75, 3.05) is 5.32 Å². The zero-order valence-electron chi connectivity index (χ0n) is 9.68. The fourth-order valence-corrected chi connectivity index (χ4v) is 2.40. The first-order chi connectivity index (χ1) is 9.36. The lowest BCUT2D eigenvalue weighted by atomic mass is 10.2. The number of hydrogen-bond acceptors (Lipinski definition) is 1. The molecule has 0 heterocycles. The van der Waals surface area contributed by atoms with Crippen molar-refractivity contribution in [1.29, 1.82) is 0 Å². The normalized spacial score (nSPS) is 10.4. The molecule has 0 aliphatic rings. The second kappa shape index (κ2) is 5.97. The SMILES string of the molecule is O=C(Nc1c(F)cc(Br)cc1F)c1cc(F)cc(Br)c1. The molecule has 0 aromatic heterocycles. The fraction of sp³-hybridized carbons (Fsp3) is 0. The number of carbonyl (C=O) groups excluding carboxylic acids is 1. The summed E-state index contributed by atoms with van der Waals surface area (Å²) in [5.74, 6) is -3.31. The second-order valence-electron chi connectivity index (χ2n) is 3.86. The monoisotopic (exact) mass is 407 g/mol. The Bertz CT molecular complexity index is 648. The molecule has 1 amide bonds. The summed E-state index contributed by atoms with van der Waals surface area (Å²) < 4.78 is 40.9. The molecule has 0 unspecified atom stereocenters. The molecule has 7 heteroatoms. The Balaban J connectivity index is 2.32. The van der Waals surface area contributed by atoms with Gasteiger partial charge in [-0.3, -0.25) is 4.79 Å². The summed E-state index contributed by atoms with van der Waals surface area (Å²) in [7, 11) is 0. The first-order valence-electron chi connectivity index (χ1n) is 5.29. The number of nitrogens with one attached hydrogen (secondary N) is 1. The minimum Gasteiger partial charge on any atom is -0.317 e. The Morgan fingerprint density at radius 2 is 1.45 bits per heavy atom. The van der Waals surface area contributed by atoms with Crippen molar-refractivity contribution in [3.05, 3.63) is 62.3 Å². The van der Waals surface area contributed by atoms with Gasteiger partial charge in [-0.2, -0.15) is 0 Å². The van der Waals surface area contributed by atoms with E-state index in [0.717, 1.165) is 24.3 Å². The lowest BCUT2D eigenvalue weighted by Gasteiger charge is -2.08. The van der Waals surface area contributed by atoms with E-state index in [2.05, 4.69) is 37.2 Å². The van der Waals surface area contributed by atoms with Gasteiger partial charge in [0.1, 0.15) is 11.5 Å². The number of halogens is 5. The Kier molecular flexibility index (Phi) is 4.49. The van der Waals surface area contributed by atoms with Gasteiger partial charge >= 0.3 is 0 Å². The van der Waals surface area contributed by atoms with Crippen LogP contribution < -0.4 is 5.32 Å². The maximum atomic E-state index is 13.6. The third-order valence-electron chi connectivity index (χ3n) is 2.37. The number of anilines is 1. The van der Waals surface area contributed by atoms with Gasteiger partial charge in [0, 0.05) is 14.5 Å². The van der Waals surface area contributed by atoms with Crippen molar-refractivity contribution >= 4 is 43.5 Å². The summed E-state index contributed by atoms with van der Waals surface area (Å²) in [6.45, 7) is 0. The Morgan fingerprint density at radius 1 is 0.900 bits per heavy atom. The molecule has 2 rings (SSSR count). The van der Waals surface area contributed by atoms with Gasteiger partial charge < -0.3 is 5.32 Å². The van der Waals surface area contributed by atoms with Crippen LogP contribution in [0.2, 0.25) is 0 Å². The topological polar surface area (TPSA) is 29.1 Å². The minimum atomic E-state index is -0.930. The van der Waals surface area contributed by atoms with E-state index >= 15 is 0 Å². The van der Waals surface area contributed by atoms with Gasteiger partial charge in [-0.25, -0.2) is 13.2 Å². The standard InChI is InChI=1S/C13H6Br2F3NO/c14-7-1-6(2-9(16)3-7)13(20)19-12-10(17)4-8(15)5-11(12)18/h1-5H,(H,19,20). The molecule has 20 heavy (non-hydrogen) atoms. The van der Waals surface area contributed by atoms with Crippen LogP contribution in [0.25, 0.3) is 0 Å². The maximum absolute atomic E-state index is 13.6. The van der Waals surface area contributed by atoms with Crippen LogP contribution in [0.3, 0.4) is 0 Å². The summed E-state index contributed by atoms with van der Waals surface area (Å²) >= 11 is 5.96. The average molecular weight is 409 g/mol. The predicted molar refractivity (Wildman–Crippen MR) is 76.1 cm³/mol. The molecule has 0 spiro atoms. The molecule has 2 nitrogen and oxygen atoms in total. The second-order valence-corrected chi connectivity index (χ2v) is 5.69. The Labute approximate surface area is 129 Å². The molecule has 0 aliphatic carbocycles. The molecule has 1 N–H and O–H groups in total. The smallest absolute Gasteiger partial charge is 0.255 e. The van der Waals surface area contributed by atoms with Crippen molar-refractivity contribution in [3.8, 4) is 0 Å². The predicted octanol–water partition coefficient (Wildman–Crippen LogP) is 4.88. The summed E-state index contributed by atoms with van der Waals surface area (Å²) in [5.41, 5.74) is -0.642. The molecular weight excluding hydrogens is 403 g/mol. The summed E-state index contributed by atoms with van der Waals surface area (Å²) in [6.07, 6.45) is 0. The molecule has 0 atom stereocenters. The third-order valence-corrected chi connectivity index (χ3v) is 3.29. The van der Waals surface area contributed by atoms with Gasteiger partial charge in [-0.15, -0.1) is 0 Å². The van der Waals surface area contributed by atoms with Gasteiger partial charge in [-0.05, 0) is 30.3 Å². The van der Waals surface area contributed by atoms with Crippen LogP contribution in [0.4, 0.5) is 18.9 Å². The fourth-order valence-electron chi connectivity index (χ4n) is 1.53. The van der Waals surface area contributed by atoms with E-state index in [1.54, 1.807) is 0 Å². The van der Waals surface area contributed by atoms with Gasteiger partial charge in [0.2, 0.25) is 0 Å². The van der Waals surface area contributed by atoms with Crippen LogP contribution >= 0.6 is 31.9 Å². The van der Waals surface area contributed by atoms with E-state index in [1.165, 1.54) is 6.07 Å². The Hall–Kier alpha value is -1.34. The first-order valence-corrected chi connectivity index (χ1v) is 6.87. The van der Waals surface area contributed by atoms with Crippen LogP contribution in [-0.2, 0) is 0 Å². The quantitative estimate of drug-likeness (QED) is 0.753. The lowest BCUT2D eigenvalue weighted by Crippen LogP contribution is -2.14. The highest BCUT2D eigenvalue weighted by Crippen LogP contribution is 2.24. The number of rotatable bonds is 2. The zero-order valence-corrected chi connectivity index (χ0v) is 12.9. The van der Waals surface area contributed by atoms with Gasteiger partial charge in [0.05, 0.1) is 0 Å². The number of benzene rings is 2. The van der Waals surface area contributed by atoms with Gasteiger partial charge in [-0.1, -0.05) is 31.9 Å². The van der Waals surface area contributed by atoms with E-state index in [1.807, 2.05) is 0 Å². The Morgan fingerprint density at radius 3 is 2.00 bits per heavy atom. The molecule has 0 aliphatic heterocycles. The van der Waals surface area contributed by atoms with Crippen LogP contribution in [-0.4, -0.2) is 5.91 Å². The number of carbonyl (C=O) groups is 1. The van der Waals surface area contributed by atoms with Gasteiger partial charge in [0.25, 0.3) is 5.91 Å². The highest BCUT2D eigenvalue weighted by atomic mass is 79.9. The number of hydrogen-bond donors (Lipinski definition) is 1.